The number of anilines is 1. The maximum atomic E-state index is 5.99. The van der Waals surface area contributed by atoms with Gasteiger partial charge in [-0.1, -0.05) is 36.4 Å². The maximum absolute atomic E-state index is 5.99. The number of hydrogen-bond acceptors (Lipinski definition) is 3. The lowest BCUT2D eigenvalue weighted by molar-refractivity contribution is 0.591. The van der Waals surface area contributed by atoms with Crippen LogP contribution in [0.25, 0.3) is 0 Å². The van der Waals surface area contributed by atoms with Gasteiger partial charge in [0.15, 0.2) is 0 Å². The van der Waals surface area contributed by atoms with Crippen molar-refractivity contribution in [3.63, 3.8) is 0 Å². The van der Waals surface area contributed by atoms with Gasteiger partial charge in [-0.25, -0.2) is 4.68 Å². The largest absolute Gasteiger partial charge is 0.384 e. The van der Waals surface area contributed by atoms with Gasteiger partial charge in [-0.05, 0) is 23.8 Å². The van der Waals surface area contributed by atoms with Crippen LogP contribution in [0.2, 0.25) is 0 Å². The molecule has 4 nitrogen and oxygen atoms in total. The smallest absolute Gasteiger partial charge is 0.122 e. The number of hydrogen-bond donors (Lipinski definition) is 1. The lowest BCUT2D eigenvalue weighted by Gasteiger charge is -2.18. The second-order valence-electron chi connectivity index (χ2n) is 4.27. The zero-order valence-corrected chi connectivity index (χ0v) is 10.3. The number of benzene rings is 1. The van der Waals surface area contributed by atoms with Crippen LogP contribution >= 0.6 is 0 Å². The van der Waals surface area contributed by atoms with Gasteiger partial charge in [0.2, 0.25) is 0 Å². The average Bonchev–Trinajstić information content (AvgIpc) is 2.88. The second kappa shape index (κ2) is 4.94. The van der Waals surface area contributed by atoms with Gasteiger partial charge in [0.25, 0.3) is 0 Å². The number of nitrogen functional groups attached to an aromatic ring is 1. The van der Waals surface area contributed by atoms with Crippen LogP contribution in [0.15, 0.2) is 67.0 Å². The summed E-state index contributed by atoms with van der Waals surface area (Å²) in [5, 5.41) is 4.32. The van der Waals surface area contributed by atoms with E-state index in [0.717, 1.165) is 11.3 Å². The summed E-state index contributed by atoms with van der Waals surface area (Å²) in [6.45, 7) is 0. The van der Waals surface area contributed by atoms with E-state index in [1.807, 2.05) is 36.4 Å². The molecule has 0 aliphatic heterocycles. The van der Waals surface area contributed by atoms with E-state index in [0.29, 0.717) is 5.82 Å². The van der Waals surface area contributed by atoms with Crippen molar-refractivity contribution in [3.8, 4) is 0 Å². The van der Waals surface area contributed by atoms with Gasteiger partial charge in [-0.15, -0.1) is 0 Å². The summed E-state index contributed by atoms with van der Waals surface area (Å²) in [5.41, 5.74) is 8.02. The standard InChI is InChI=1S/C15H14N4/c16-14-9-11-18-19(14)15(12-6-2-1-3-7-12)13-8-4-5-10-17-13/h1-11,15H,16H2. The molecule has 0 amide bonds. The molecule has 1 atom stereocenters. The van der Waals surface area contributed by atoms with Crippen molar-refractivity contribution in [1.82, 2.24) is 14.8 Å². The molecule has 2 aromatic heterocycles. The van der Waals surface area contributed by atoms with Crippen LogP contribution in [-0.4, -0.2) is 14.8 Å². The van der Waals surface area contributed by atoms with Gasteiger partial charge in [-0.2, -0.15) is 5.10 Å². The third-order valence-corrected chi connectivity index (χ3v) is 3.03. The summed E-state index contributed by atoms with van der Waals surface area (Å²) >= 11 is 0. The minimum Gasteiger partial charge on any atom is -0.384 e. The Morgan fingerprint density at radius 3 is 2.32 bits per heavy atom. The van der Waals surface area contributed by atoms with Crippen molar-refractivity contribution < 1.29 is 0 Å². The first-order chi connectivity index (χ1) is 9.36. The highest BCUT2D eigenvalue weighted by atomic mass is 15.3. The fourth-order valence-corrected chi connectivity index (χ4v) is 2.15. The minimum absolute atomic E-state index is 0.0996. The quantitative estimate of drug-likeness (QED) is 0.777. The molecule has 3 rings (SSSR count). The van der Waals surface area contributed by atoms with E-state index < -0.39 is 0 Å². The molecular weight excluding hydrogens is 236 g/mol. The fraction of sp³-hybridized carbons (Fsp3) is 0.0667. The van der Waals surface area contributed by atoms with Crippen LogP contribution in [0.1, 0.15) is 17.3 Å². The monoisotopic (exact) mass is 250 g/mol. The summed E-state index contributed by atoms with van der Waals surface area (Å²) in [7, 11) is 0. The minimum atomic E-state index is -0.0996. The third kappa shape index (κ3) is 2.20. The Labute approximate surface area is 111 Å². The van der Waals surface area contributed by atoms with Gasteiger partial charge in [-0.3, -0.25) is 4.98 Å². The number of nitrogens with zero attached hydrogens (tertiary/aromatic N) is 3. The van der Waals surface area contributed by atoms with Gasteiger partial charge < -0.3 is 5.73 Å². The lowest BCUT2D eigenvalue weighted by Crippen LogP contribution is -2.16. The van der Waals surface area contributed by atoms with Crippen molar-refractivity contribution in [2.45, 2.75) is 6.04 Å². The van der Waals surface area contributed by atoms with E-state index in [-0.39, 0.29) is 6.04 Å². The summed E-state index contributed by atoms with van der Waals surface area (Å²) in [4.78, 5) is 4.44. The fourth-order valence-electron chi connectivity index (χ4n) is 2.15. The Morgan fingerprint density at radius 2 is 1.68 bits per heavy atom. The Balaban J connectivity index is 2.15. The van der Waals surface area contributed by atoms with Crippen molar-refractivity contribution in [2.24, 2.45) is 0 Å². The Kier molecular flexibility index (Phi) is 2.98. The molecular formula is C15H14N4. The van der Waals surface area contributed by atoms with E-state index in [2.05, 4.69) is 22.2 Å². The number of rotatable bonds is 3. The molecule has 3 aromatic rings. The molecule has 0 saturated carbocycles. The second-order valence-corrected chi connectivity index (χ2v) is 4.27. The number of nitrogens with two attached hydrogens (primary N) is 1. The van der Waals surface area contributed by atoms with E-state index in [1.165, 1.54) is 0 Å². The Bertz CT molecular complexity index is 607. The highest BCUT2D eigenvalue weighted by molar-refractivity contribution is 5.35. The van der Waals surface area contributed by atoms with Gasteiger partial charge in [0.05, 0.1) is 11.9 Å². The molecule has 0 bridgehead atoms. The lowest BCUT2D eigenvalue weighted by atomic mass is 10.0. The van der Waals surface area contributed by atoms with E-state index in [1.54, 1.807) is 23.1 Å². The van der Waals surface area contributed by atoms with Crippen LogP contribution in [0, 0.1) is 0 Å². The molecule has 1 aromatic carbocycles. The third-order valence-electron chi connectivity index (χ3n) is 3.03. The normalized spacial score (nSPS) is 12.2. The van der Waals surface area contributed by atoms with Crippen LogP contribution < -0.4 is 5.73 Å². The summed E-state index contributed by atoms with van der Waals surface area (Å²) in [6.07, 6.45) is 3.49. The van der Waals surface area contributed by atoms with Crippen LogP contribution in [0.3, 0.4) is 0 Å². The zero-order chi connectivity index (χ0) is 13.1. The van der Waals surface area contributed by atoms with Crippen molar-refractivity contribution in [1.29, 1.82) is 0 Å². The average molecular weight is 250 g/mol. The van der Waals surface area contributed by atoms with Gasteiger partial charge >= 0.3 is 0 Å². The van der Waals surface area contributed by atoms with Crippen molar-refractivity contribution >= 4 is 5.82 Å². The molecule has 0 fully saturated rings. The van der Waals surface area contributed by atoms with Crippen LogP contribution in [0.4, 0.5) is 5.82 Å². The van der Waals surface area contributed by atoms with E-state index in [9.17, 15) is 0 Å². The topological polar surface area (TPSA) is 56.7 Å². The number of aromatic nitrogens is 3. The van der Waals surface area contributed by atoms with Crippen LogP contribution in [0.5, 0.6) is 0 Å². The zero-order valence-electron chi connectivity index (χ0n) is 10.3. The molecule has 2 N–H and O–H groups in total. The SMILES string of the molecule is Nc1ccnn1C(c1ccccc1)c1ccccn1. The first kappa shape index (κ1) is 11.5. The van der Waals surface area contributed by atoms with E-state index in [4.69, 9.17) is 5.73 Å². The molecule has 0 saturated heterocycles. The Hall–Kier alpha value is -2.62. The summed E-state index contributed by atoms with van der Waals surface area (Å²) in [5.74, 6) is 0.625. The van der Waals surface area contributed by atoms with E-state index >= 15 is 0 Å². The maximum Gasteiger partial charge on any atom is 0.122 e. The summed E-state index contributed by atoms with van der Waals surface area (Å²) in [6, 6.07) is 17.7. The molecule has 0 aliphatic carbocycles. The van der Waals surface area contributed by atoms with Crippen molar-refractivity contribution in [2.75, 3.05) is 5.73 Å². The molecule has 2 heterocycles. The molecule has 94 valence electrons. The first-order valence-electron chi connectivity index (χ1n) is 6.11. The van der Waals surface area contributed by atoms with Gasteiger partial charge in [0, 0.05) is 6.20 Å². The Morgan fingerprint density at radius 1 is 0.895 bits per heavy atom. The summed E-state index contributed by atoms with van der Waals surface area (Å²) < 4.78 is 1.79. The molecule has 0 spiro atoms. The predicted octanol–water partition coefficient (Wildman–Crippen LogP) is 2.50. The number of pyridine rings is 1. The highest BCUT2D eigenvalue weighted by Crippen LogP contribution is 2.26. The molecule has 0 radical (unpaired) electrons. The van der Waals surface area contributed by atoms with Crippen LogP contribution in [-0.2, 0) is 0 Å². The molecule has 19 heavy (non-hydrogen) atoms. The molecule has 0 aliphatic rings. The van der Waals surface area contributed by atoms with Crippen molar-refractivity contribution in [3.05, 3.63) is 78.2 Å². The van der Waals surface area contributed by atoms with Gasteiger partial charge in [0.1, 0.15) is 11.9 Å². The predicted molar refractivity (Wildman–Crippen MR) is 74.6 cm³/mol. The highest BCUT2D eigenvalue weighted by Gasteiger charge is 2.19. The molecule has 1 unspecified atom stereocenters. The molecule has 4 heteroatoms. The first-order valence-corrected chi connectivity index (χ1v) is 6.11.